The summed E-state index contributed by atoms with van der Waals surface area (Å²) in [7, 11) is 0. The number of unbranched alkanes of at least 4 members (excludes halogenated alkanes) is 1. The summed E-state index contributed by atoms with van der Waals surface area (Å²) in [5.41, 5.74) is 5.02. The lowest BCUT2D eigenvalue weighted by Gasteiger charge is -2.18. The van der Waals surface area contributed by atoms with Gasteiger partial charge in [-0.1, -0.05) is 52.7 Å². The topological polar surface area (TPSA) is 0 Å². The predicted molar refractivity (Wildman–Crippen MR) is 68.9 cm³/mol. The number of rotatable bonds is 5. The van der Waals surface area contributed by atoms with E-state index < -0.39 is 0 Å². The van der Waals surface area contributed by atoms with Crippen LogP contribution in [0.25, 0.3) is 0 Å². The van der Waals surface area contributed by atoms with Gasteiger partial charge in [0.05, 0.1) is 0 Å². The molecule has 0 aromatic rings. The molecular formula is C15H26. The average Bonchev–Trinajstić information content (AvgIpc) is 2.58. The molecule has 86 valence electrons. The Morgan fingerprint density at radius 2 is 1.80 bits per heavy atom. The highest BCUT2D eigenvalue weighted by molar-refractivity contribution is 5.44. The average molecular weight is 206 g/mol. The predicted octanol–water partition coefficient (Wildman–Crippen LogP) is 5.12. The Balaban J connectivity index is 2.83. The van der Waals surface area contributed by atoms with E-state index in [2.05, 4.69) is 40.7 Å². The molecule has 0 amide bonds. The van der Waals surface area contributed by atoms with Crippen molar-refractivity contribution in [2.24, 2.45) is 11.8 Å². The highest BCUT2D eigenvalue weighted by Crippen LogP contribution is 2.37. The molecule has 0 aromatic carbocycles. The first-order chi connectivity index (χ1) is 7.07. The standard InChI is InChI=1S/C15H26/c1-6-7-8-13-9-10-14(11(2)3)15(13)12(4)5/h10-12H,6-9H2,1-5H3. The van der Waals surface area contributed by atoms with Crippen LogP contribution in [-0.2, 0) is 0 Å². The maximum Gasteiger partial charge on any atom is -0.0127 e. The minimum Gasteiger partial charge on any atom is -0.0767 e. The number of allylic oxidation sites excluding steroid dienone is 4. The fourth-order valence-electron chi connectivity index (χ4n) is 2.57. The van der Waals surface area contributed by atoms with Gasteiger partial charge in [-0.2, -0.15) is 0 Å². The molecule has 0 N–H and O–H groups in total. The van der Waals surface area contributed by atoms with Gasteiger partial charge in [-0.25, -0.2) is 0 Å². The molecular weight excluding hydrogens is 180 g/mol. The SMILES string of the molecule is CCCCC1=C(C(C)C)C(C(C)C)=CC1. The van der Waals surface area contributed by atoms with Crippen molar-refractivity contribution in [3.63, 3.8) is 0 Å². The first-order valence-corrected chi connectivity index (χ1v) is 6.50. The molecule has 1 aliphatic rings. The molecule has 0 heterocycles. The van der Waals surface area contributed by atoms with E-state index >= 15 is 0 Å². The Morgan fingerprint density at radius 1 is 1.13 bits per heavy atom. The molecule has 0 radical (unpaired) electrons. The van der Waals surface area contributed by atoms with Gasteiger partial charge >= 0.3 is 0 Å². The van der Waals surface area contributed by atoms with E-state index in [1.807, 2.05) is 0 Å². The summed E-state index contributed by atoms with van der Waals surface area (Å²) >= 11 is 0. The number of hydrogen-bond donors (Lipinski definition) is 0. The molecule has 0 nitrogen and oxygen atoms in total. The van der Waals surface area contributed by atoms with E-state index in [1.165, 1.54) is 25.7 Å². The van der Waals surface area contributed by atoms with Crippen LogP contribution in [-0.4, -0.2) is 0 Å². The summed E-state index contributed by atoms with van der Waals surface area (Å²) in [4.78, 5) is 0. The van der Waals surface area contributed by atoms with Crippen molar-refractivity contribution in [1.82, 2.24) is 0 Å². The Bertz CT molecular complexity index is 264. The van der Waals surface area contributed by atoms with Gasteiger partial charge in [0.2, 0.25) is 0 Å². The fraction of sp³-hybridized carbons (Fsp3) is 0.733. The molecule has 0 fully saturated rings. The first-order valence-electron chi connectivity index (χ1n) is 6.50. The third kappa shape index (κ3) is 2.96. The summed E-state index contributed by atoms with van der Waals surface area (Å²) in [6, 6.07) is 0. The quantitative estimate of drug-likeness (QED) is 0.586. The molecule has 0 saturated carbocycles. The van der Waals surface area contributed by atoms with E-state index in [9.17, 15) is 0 Å². The summed E-state index contributed by atoms with van der Waals surface area (Å²) in [5, 5.41) is 0. The van der Waals surface area contributed by atoms with E-state index in [4.69, 9.17) is 0 Å². The van der Waals surface area contributed by atoms with E-state index in [0.717, 1.165) is 0 Å². The van der Waals surface area contributed by atoms with Crippen LogP contribution >= 0.6 is 0 Å². The zero-order chi connectivity index (χ0) is 11.4. The zero-order valence-electron chi connectivity index (χ0n) is 11.1. The molecule has 0 aromatic heterocycles. The molecule has 0 atom stereocenters. The third-order valence-electron chi connectivity index (χ3n) is 3.29. The van der Waals surface area contributed by atoms with Gasteiger partial charge in [-0.3, -0.25) is 0 Å². The third-order valence-corrected chi connectivity index (χ3v) is 3.29. The lowest BCUT2D eigenvalue weighted by Crippen LogP contribution is -2.03. The van der Waals surface area contributed by atoms with Crippen molar-refractivity contribution >= 4 is 0 Å². The summed E-state index contributed by atoms with van der Waals surface area (Å²) in [5.74, 6) is 1.40. The van der Waals surface area contributed by atoms with Crippen molar-refractivity contribution in [3.05, 3.63) is 22.8 Å². The molecule has 1 aliphatic carbocycles. The van der Waals surface area contributed by atoms with Crippen LogP contribution in [0.2, 0.25) is 0 Å². The highest BCUT2D eigenvalue weighted by Gasteiger charge is 2.21. The largest absolute Gasteiger partial charge is 0.0767 e. The molecule has 15 heavy (non-hydrogen) atoms. The monoisotopic (exact) mass is 206 g/mol. The lowest BCUT2D eigenvalue weighted by molar-refractivity contribution is 0.689. The maximum absolute atomic E-state index is 2.46. The van der Waals surface area contributed by atoms with Gasteiger partial charge in [0.25, 0.3) is 0 Å². The molecule has 0 heteroatoms. The van der Waals surface area contributed by atoms with Crippen LogP contribution in [0.4, 0.5) is 0 Å². The second kappa shape index (κ2) is 5.53. The maximum atomic E-state index is 2.46. The molecule has 0 unspecified atom stereocenters. The fourth-order valence-corrected chi connectivity index (χ4v) is 2.57. The van der Waals surface area contributed by atoms with Gasteiger partial charge in [-0.15, -0.1) is 0 Å². The van der Waals surface area contributed by atoms with Crippen molar-refractivity contribution in [2.45, 2.75) is 60.3 Å². The molecule has 0 spiro atoms. The molecule has 0 bridgehead atoms. The van der Waals surface area contributed by atoms with E-state index in [0.29, 0.717) is 11.8 Å². The Kier molecular flexibility index (Phi) is 4.63. The van der Waals surface area contributed by atoms with Crippen LogP contribution in [0, 0.1) is 11.8 Å². The summed E-state index contributed by atoms with van der Waals surface area (Å²) in [6.45, 7) is 11.6. The summed E-state index contributed by atoms with van der Waals surface area (Å²) in [6.07, 6.45) is 7.67. The van der Waals surface area contributed by atoms with E-state index in [-0.39, 0.29) is 0 Å². The minimum atomic E-state index is 0.696. The Labute approximate surface area is 95.5 Å². The van der Waals surface area contributed by atoms with Crippen LogP contribution in [0.3, 0.4) is 0 Å². The van der Waals surface area contributed by atoms with E-state index in [1.54, 1.807) is 16.7 Å². The normalized spacial score (nSPS) is 16.9. The second-order valence-electron chi connectivity index (χ2n) is 5.29. The highest BCUT2D eigenvalue weighted by atomic mass is 14.3. The molecule has 1 rings (SSSR count). The van der Waals surface area contributed by atoms with Crippen LogP contribution in [0.1, 0.15) is 60.3 Å². The second-order valence-corrected chi connectivity index (χ2v) is 5.29. The number of hydrogen-bond acceptors (Lipinski definition) is 0. The smallest absolute Gasteiger partial charge is 0.0127 e. The van der Waals surface area contributed by atoms with Crippen molar-refractivity contribution in [1.29, 1.82) is 0 Å². The first kappa shape index (κ1) is 12.5. The minimum absolute atomic E-state index is 0.696. The van der Waals surface area contributed by atoms with Crippen LogP contribution in [0.5, 0.6) is 0 Å². The van der Waals surface area contributed by atoms with Gasteiger partial charge in [0.15, 0.2) is 0 Å². The summed E-state index contributed by atoms with van der Waals surface area (Å²) < 4.78 is 0. The van der Waals surface area contributed by atoms with Gasteiger partial charge < -0.3 is 0 Å². The van der Waals surface area contributed by atoms with Gasteiger partial charge in [-0.05, 0) is 42.2 Å². The Morgan fingerprint density at radius 3 is 2.27 bits per heavy atom. The van der Waals surface area contributed by atoms with Gasteiger partial charge in [0, 0.05) is 0 Å². The molecule has 0 aliphatic heterocycles. The van der Waals surface area contributed by atoms with Crippen molar-refractivity contribution in [3.8, 4) is 0 Å². The van der Waals surface area contributed by atoms with Crippen LogP contribution < -0.4 is 0 Å². The zero-order valence-corrected chi connectivity index (χ0v) is 11.1. The Hall–Kier alpha value is -0.520. The van der Waals surface area contributed by atoms with Crippen molar-refractivity contribution in [2.75, 3.05) is 0 Å². The molecule has 0 saturated heterocycles. The van der Waals surface area contributed by atoms with Crippen LogP contribution in [0.15, 0.2) is 22.8 Å². The van der Waals surface area contributed by atoms with Gasteiger partial charge in [0.1, 0.15) is 0 Å². The lowest BCUT2D eigenvalue weighted by atomic mass is 9.87. The van der Waals surface area contributed by atoms with Crippen molar-refractivity contribution < 1.29 is 0 Å².